The summed E-state index contributed by atoms with van der Waals surface area (Å²) >= 11 is 2.33. The molecule has 0 saturated heterocycles. The van der Waals surface area contributed by atoms with Crippen molar-refractivity contribution in [3.05, 3.63) is 57.7 Å². The predicted octanol–water partition coefficient (Wildman–Crippen LogP) is 4.50. The van der Waals surface area contributed by atoms with E-state index in [1.807, 2.05) is 42.5 Å². The Morgan fingerprint density at radius 3 is 2.55 bits per heavy atom. The second kappa shape index (κ2) is 5.28. The van der Waals surface area contributed by atoms with Gasteiger partial charge in [0.1, 0.15) is 0 Å². The fourth-order valence-corrected chi connectivity index (χ4v) is 2.80. The van der Waals surface area contributed by atoms with Crippen LogP contribution in [-0.4, -0.2) is 5.16 Å². The monoisotopic (exact) mass is 376 g/mol. The van der Waals surface area contributed by atoms with Crippen LogP contribution >= 0.6 is 22.6 Å². The van der Waals surface area contributed by atoms with Gasteiger partial charge in [0.2, 0.25) is 0 Å². The average molecular weight is 376 g/mol. The van der Waals surface area contributed by atoms with Crippen LogP contribution in [0.3, 0.4) is 0 Å². The molecule has 0 aliphatic rings. The lowest BCUT2D eigenvalue weighted by Crippen LogP contribution is -1.90. The van der Waals surface area contributed by atoms with Crippen molar-refractivity contribution < 1.29 is 4.52 Å². The van der Waals surface area contributed by atoms with Gasteiger partial charge in [-0.2, -0.15) is 0 Å². The number of benzene rings is 2. The summed E-state index contributed by atoms with van der Waals surface area (Å²) in [5.41, 5.74) is 10.1. The molecule has 0 fully saturated rings. The maximum Gasteiger partial charge on any atom is 0.177 e. The van der Waals surface area contributed by atoms with E-state index in [2.05, 4.69) is 40.7 Å². The number of nitrogens with two attached hydrogens (primary N) is 1. The van der Waals surface area contributed by atoms with Gasteiger partial charge in [-0.15, -0.1) is 0 Å². The molecule has 0 spiro atoms. The molecule has 2 aromatic carbocycles. The van der Waals surface area contributed by atoms with Crippen molar-refractivity contribution >= 4 is 28.4 Å². The molecule has 1 aromatic heterocycles. The molecule has 3 nitrogen and oxygen atoms in total. The Balaban J connectivity index is 2.24. The topological polar surface area (TPSA) is 52.0 Å². The number of nitrogen functional groups attached to an aromatic ring is 1. The van der Waals surface area contributed by atoms with E-state index in [9.17, 15) is 0 Å². The lowest BCUT2D eigenvalue weighted by Gasteiger charge is -2.06. The largest absolute Gasteiger partial charge is 0.380 e. The zero-order valence-corrected chi connectivity index (χ0v) is 13.1. The van der Waals surface area contributed by atoms with E-state index in [1.54, 1.807) is 0 Å². The molecule has 3 aromatic rings. The summed E-state index contributed by atoms with van der Waals surface area (Å²) in [7, 11) is 0. The number of halogens is 1. The molecule has 1 heterocycles. The molecule has 0 aliphatic carbocycles. The van der Waals surface area contributed by atoms with Gasteiger partial charge in [0.25, 0.3) is 0 Å². The molecule has 0 amide bonds. The fourth-order valence-electron chi connectivity index (χ4n) is 2.19. The highest BCUT2D eigenvalue weighted by molar-refractivity contribution is 14.1. The summed E-state index contributed by atoms with van der Waals surface area (Å²) in [6.45, 7) is 2.08. The van der Waals surface area contributed by atoms with Gasteiger partial charge < -0.3 is 10.3 Å². The lowest BCUT2D eigenvalue weighted by molar-refractivity contribution is 0.436. The number of hydrogen-bond acceptors (Lipinski definition) is 3. The minimum absolute atomic E-state index is 0.420. The lowest BCUT2D eigenvalue weighted by atomic mass is 10.0. The summed E-state index contributed by atoms with van der Waals surface area (Å²) in [5, 5.41) is 3.94. The fraction of sp³-hybridized carbons (Fsp3) is 0.0625. The smallest absolute Gasteiger partial charge is 0.177 e. The van der Waals surface area contributed by atoms with E-state index in [-0.39, 0.29) is 0 Å². The third-order valence-corrected chi connectivity index (χ3v) is 4.65. The first kappa shape index (κ1) is 13.2. The van der Waals surface area contributed by atoms with Crippen LogP contribution in [0.25, 0.3) is 22.5 Å². The summed E-state index contributed by atoms with van der Waals surface area (Å²) in [6, 6.07) is 16.1. The van der Waals surface area contributed by atoms with Crippen LogP contribution in [0.2, 0.25) is 0 Å². The Morgan fingerprint density at radius 2 is 1.80 bits per heavy atom. The second-order valence-electron chi connectivity index (χ2n) is 4.57. The first-order chi connectivity index (χ1) is 9.68. The van der Waals surface area contributed by atoms with E-state index in [0.29, 0.717) is 5.82 Å². The predicted molar refractivity (Wildman–Crippen MR) is 89.2 cm³/mol. The summed E-state index contributed by atoms with van der Waals surface area (Å²) < 4.78 is 6.64. The van der Waals surface area contributed by atoms with E-state index < -0.39 is 0 Å². The van der Waals surface area contributed by atoms with Gasteiger partial charge in [-0.05, 0) is 40.6 Å². The highest BCUT2D eigenvalue weighted by atomic mass is 127. The molecule has 0 radical (unpaired) electrons. The van der Waals surface area contributed by atoms with E-state index >= 15 is 0 Å². The zero-order valence-electron chi connectivity index (χ0n) is 10.9. The van der Waals surface area contributed by atoms with Crippen molar-refractivity contribution in [2.45, 2.75) is 6.92 Å². The quantitative estimate of drug-likeness (QED) is 0.670. The summed E-state index contributed by atoms with van der Waals surface area (Å²) in [6.07, 6.45) is 0. The normalized spacial score (nSPS) is 10.7. The molecule has 0 unspecified atom stereocenters. The first-order valence-electron chi connectivity index (χ1n) is 6.24. The molecule has 0 aliphatic heterocycles. The minimum Gasteiger partial charge on any atom is -0.380 e. The molecule has 0 bridgehead atoms. The molecule has 4 heteroatoms. The molecule has 2 N–H and O–H groups in total. The number of anilines is 1. The Labute approximate surface area is 130 Å². The van der Waals surface area contributed by atoms with Gasteiger partial charge in [0, 0.05) is 9.13 Å². The minimum atomic E-state index is 0.420. The van der Waals surface area contributed by atoms with Crippen molar-refractivity contribution in [1.29, 1.82) is 0 Å². The number of aryl methyl sites for hydroxylation is 1. The molecule has 0 saturated carbocycles. The van der Waals surface area contributed by atoms with Crippen molar-refractivity contribution in [2.24, 2.45) is 0 Å². The molecular formula is C16H13IN2O. The number of hydrogen-bond donors (Lipinski definition) is 1. The van der Waals surface area contributed by atoms with Crippen LogP contribution in [0.4, 0.5) is 5.82 Å². The standard InChI is InChI=1S/C16H13IN2O/c1-10-6-5-9-12(14(10)17)15-13(16(18)19-20-15)11-7-3-2-4-8-11/h2-9H,1H3,(H2,18,19). The third kappa shape index (κ3) is 2.20. The van der Waals surface area contributed by atoms with Crippen LogP contribution in [0.15, 0.2) is 53.1 Å². The van der Waals surface area contributed by atoms with Gasteiger partial charge >= 0.3 is 0 Å². The summed E-state index contributed by atoms with van der Waals surface area (Å²) in [4.78, 5) is 0. The van der Waals surface area contributed by atoms with E-state index in [0.717, 1.165) is 26.0 Å². The Bertz CT molecular complexity index is 750. The maximum atomic E-state index is 5.99. The van der Waals surface area contributed by atoms with Crippen LogP contribution < -0.4 is 5.73 Å². The van der Waals surface area contributed by atoms with Gasteiger partial charge in [-0.3, -0.25) is 0 Å². The van der Waals surface area contributed by atoms with Gasteiger partial charge in [-0.1, -0.05) is 53.7 Å². The highest BCUT2D eigenvalue weighted by Gasteiger charge is 2.19. The van der Waals surface area contributed by atoms with E-state index in [4.69, 9.17) is 10.3 Å². The van der Waals surface area contributed by atoms with Crippen LogP contribution in [0, 0.1) is 10.5 Å². The number of rotatable bonds is 2. The van der Waals surface area contributed by atoms with Crippen LogP contribution in [0.1, 0.15) is 5.56 Å². The highest BCUT2D eigenvalue weighted by Crippen LogP contribution is 2.38. The summed E-state index contributed by atoms with van der Waals surface area (Å²) in [5.74, 6) is 1.14. The van der Waals surface area contributed by atoms with Crippen molar-refractivity contribution in [1.82, 2.24) is 5.16 Å². The number of aromatic nitrogens is 1. The third-order valence-electron chi connectivity index (χ3n) is 3.22. The van der Waals surface area contributed by atoms with Gasteiger partial charge in [0.05, 0.1) is 5.56 Å². The zero-order chi connectivity index (χ0) is 14.1. The van der Waals surface area contributed by atoms with Crippen LogP contribution in [0.5, 0.6) is 0 Å². The molecule has 0 atom stereocenters. The number of nitrogens with zero attached hydrogens (tertiary/aromatic N) is 1. The van der Waals surface area contributed by atoms with Crippen molar-refractivity contribution in [2.75, 3.05) is 5.73 Å². The Hall–Kier alpha value is -1.82. The van der Waals surface area contributed by atoms with Crippen molar-refractivity contribution in [3.63, 3.8) is 0 Å². The molecular weight excluding hydrogens is 363 g/mol. The SMILES string of the molecule is Cc1cccc(-c2onc(N)c2-c2ccccc2)c1I. The van der Waals surface area contributed by atoms with E-state index in [1.165, 1.54) is 5.56 Å². The van der Waals surface area contributed by atoms with Gasteiger partial charge in [-0.25, -0.2) is 0 Å². The van der Waals surface area contributed by atoms with Crippen molar-refractivity contribution in [3.8, 4) is 22.5 Å². The Morgan fingerprint density at radius 1 is 1.05 bits per heavy atom. The van der Waals surface area contributed by atoms with Gasteiger partial charge in [0.15, 0.2) is 11.6 Å². The molecule has 20 heavy (non-hydrogen) atoms. The molecule has 100 valence electrons. The Kier molecular flexibility index (Phi) is 3.48. The average Bonchev–Trinajstić information content (AvgIpc) is 2.84. The van der Waals surface area contributed by atoms with Crippen LogP contribution in [-0.2, 0) is 0 Å². The maximum absolute atomic E-state index is 5.99. The second-order valence-corrected chi connectivity index (χ2v) is 5.65. The molecule has 3 rings (SSSR count). The first-order valence-corrected chi connectivity index (χ1v) is 7.32.